The molecular weight excluding hydrogens is 236 g/mol. The molecule has 3 nitrogen and oxygen atoms in total. The van der Waals surface area contributed by atoms with E-state index < -0.39 is 0 Å². The lowest BCUT2D eigenvalue weighted by atomic mass is 9.94. The van der Waals surface area contributed by atoms with Crippen LogP contribution in [0, 0.1) is 11.3 Å². The number of benzene rings is 1. The number of nitrogens with one attached hydrogen (secondary N) is 1. The molecule has 1 fully saturated rings. The summed E-state index contributed by atoms with van der Waals surface area (Å²) in [6.07, 6.45) is 3.81. The first-order chi connectivity index (χ1) is 9.20. The number of nitriles is 1. The number of rotatable bonds is 5. The molecule has 0 amide bonds. The van der Waals surface area contributed by atoms with E-state index >= 15 is 0 Å². The molecule has 2 rings (SSSR count). The summed E-state index contributed by atoms with van der Waals surface area (Å²) in [7, 11) is 0. The monoisotopic (exact) mass is 258 g/mol. The molecule has 3 heteroatoms. The molecule has 0 bridgehead atoms. The fourth-order valence-corrected chi connectivity index (χ4v) is 2.85. The molecule has 19 heavy (non-hydrogen) atoms. The Labute approximate surface area is 115 Å². The van der Waals surface area contributed by atoms with Crippen molar-refractivity contribution in [1.29, 1.82) is 5.26 Å². The van der Waals surface area contributed by atoms with E-state index in [2.05, 4.69) is 35.7 Å². The molecule has 0 unspecified atom stereocenters. The summed E-state index contributed by atoms with van der Waals surface area (Å²) in [5, 5.41) is 12.0. The summed E-state index contributed by atoms with van der Waals surface area (Å²) < 4.78 is 5.66. The molecule has 0 heterocycles. The maximum atomic E-state index is 8.67. The number of nitrogens with zero attached hydrogens (tertiary/aromatic N) is 1. The molecular formula is C16H22N2O. The molecule has 0 aliphatic heterocycles. The Morgan fingerprint density at radius 2 is 2.05 bits per heavy atom. The van der Waals surface area contributed by atoms with Crippen LogP contribution in [0.25, 0.3) is 0 Å². The zero-order chi connectivity index (χ0) is 13.7. The zero-order valence-electron chi connectivity index (χ0n) is 11.7. The van der Waals surface area contributed by atoms with Crippen LogP contribution in [0.3, 0.4) is 0 Å². The van der Waals surface area contributed by atoms with Gasteiger partial charge in [-0.1, -0.05) is 18.6 Å². The van der Waals surface area contributed by atoms with Crippen molar-refractivity contribution in [3.63, 3.8) is 0 Å². The first-order valence-corrected chi connectivity index (χ1v) is 7.07. The molecule has 0 saturated heterocycles. The standard InChI is InChI=1S/C16H22N2O/c1-12(2)19-14-8-6-13(7-9-14)15-4-3-5-16(15)18-11-10-17/h6-9,12,15-16,18H,3-5,11H2,1-2H3/t15-,16+/m1/s1. The van der Waals surface area contributed by atoms with E-state index in [0.717, 1.165) is 12.2 Å². The van der Waals surface area contributed by atoms with Crippen LogP contribution in [0.2, 0.25) is 0 Å². The van der Waals surface area contributed by atoms with Gasteiger partial charge in [-0.25, -0.2) is 0 Å². The van der Waals surface area contributed by atoms with Gasteiger partial charge in [0.15, 0.2) is 0 Å². The van der Waals surface area contributed by atoms with Crippen molar-refractivity contribution in [3.8, 4) is 11.8 Å². The molecule has 1 aliphatic rings. The number of hydrogen-bond donors (Lipinski definition) is 1. The first-order valence-electron chi connectivity index (χ1n) is 7.07. The van der Waals surface area contributed by atoms with Crippen molar-refractivity contribution in [2.45, 2.75) is 51.2 Å². The van der Waals surface area contributed by atoms with Crippen LogP contribution in [0.1, 0.15) is 44.6 Å². The molecule has 1 aliphatic carbocycles. The van der Waals surface area contributed by atoms with Crippen LogP contribution in [-0.2, 0) is 0 Å². The Morgan fingerprint density at radius 3 is 2.68 bits per heavy atom. The predicted octanol–water partition coefficient (Wildman–Crippen LogP) is 3.22. The van der Waals surface area contributed by atoms with Crippen LogP contribution in [-0.4, -0.2) is 18.7 Å². The molecule has 1 N–H and O–H groups in total. The third-order valence-electron chi connectivity index (χ3n) is 3.64. The highest BCUT2D eigenvalue weighted by molar-refractivity contribution is 5.31. The third kappa shape index (κ3) is 3.71. The Kier molecular flexibility index (Phi) is 4.81. The van der Waals surface area contributed by atoms with Gasteiger partial charge in [0.05, 0.1) is 18.7 Å². The average molecular weight is 258 g/mol. The van der Waals surface area contributed by atoms with E-state index in [0.29, 0.717) is 18.5 Å². The van der Waals surface area contributed by atoms with Crippen LogP contribution in [0.5, 0.6) is 5.75 Å². The van der Waals surface area contributed by atoms with Crippen molar-refractivity contribution in [3.05, 3.63) is 29.8 Å². The third-order valence-corrected chi connectivity index (χ3v) is 3.64. The van der Waals surface area contributed by atoms with Crippen molar-refractivity contribution >= 4 is 0 Å². The topological polar surface area (TPSA) is 45.0 Å². The highest BCUT2D eigenvalue weighted by Crippen LogP contribution is 2.35. The summed E-state index contributed by atoms with van der Waals surface area (Å²) in [4.78, 5) is 0. The predicted molar refractivity (Wildman–Crippen MR) is 76.2 cm³/mol. The minimum atomic E-state index is 0.211. The highest BCUT2D eigenvalue weighted by Gasteiger charge is 2.27. The minimum Gasteiger partial charge on any atom is -0.491 e. The van der Waals surface area contributed by atoms with Gasteiger partial charge in [0, 0.05) is 6.04 Å². The molecule has 0 aromatic heterocycles. The van der Waals surface area contributed by atoms with Gasteiger partial charge in [-0.3, -0.25) is 0 Å². The van der Waals surface area contributed by atoms with Crippen LogP contribution in [0.15, 0.2) is 24.3 Å². The summed E-state index contributed by atoms with van der Waals surface area (Å²) in [5.41, 5.74) is 1.35. The van der Waals surface area contributed by atoms with E-state index in [4.69, 9.17) is 10.00 Å². The van der Waals surface area contributed by atoms with E-state index in [1.165, 1.54) is 18.4 Å². The second-order valence-corrected chi connectivity index (χ2v) is 5.42. The fraction of sp³-hybridized carbons (Fsp3) is 0.562. The van der Waals surface area contributed by atoms with Gasteiger partial charge in [-0.2, -0.15) is 5.26 Å². The summed E-state index contributed by atoms with van der Waals surface area (Å²) in [5.74, 6) is 1.46. The molecule has 0 radical (unpaired) electrons. The van der Waals surface area contributed by atoms with Gasteiger partial charge in [-0.05, 0) is 50.3 Å². The normalized spacial score (nSPS) is 22.4. The molecule has 2 atom stereocenters. The second kappa shape index (κ2) is 6.58. The summed E-state index contributed by atoms with van der Waals surface area (Å²) in [6.45, 7) is 4.51. The van der Waals surface area contributed by atoms with Crippen molar-refractivity contribution in [2.24, 2.45) is 0 Å². The van der Waals surface area contributed by atoms with E-state index in [1.807, 2.05) is 13.8 Å². The minimum absolute atomic E-state index is 0.211. The Balaban J connectivity index is 2.02. The lowest BCUT2D eigenvalue weighted by molar-refractivity contribution is 0.242. The summed E-state index contributed by atoms with van der Waals surface area (Å²) in [6, 6.07) is 11.0. The van der Waals surface area contributed by atoms with Crippen molar-refractivity contribution in [1.82, 2.24) is 5.32 Å². The largest absolute Gasteiger partial charge is 0.491 e. The first kappa shape index (κ1) is 13.9. The van der Waals surface area contributed by atoms with Crippen LogP contribution < -0.4 is 10.1 Å². The van der Waals surface area contributed by atoms with E-state index in [-0.39, 0.29) is 6.10 Å². The Bertz CT molecular complexity index is 433. The van der Waals surface area contributed by atoms with Gasteiger partial charge in [0.1, 0.15) is 5.75 Å². The molecule has 1 aromatic carbocycles. The average Bonchev–Trinajstić information content (AvgIpc) is 2.85. The number of ether oxygens (including phenoxy) is 1. The molecule has 1 saturated carbocycles. The highest BCUT2D eigenvalue weighted by atomic mass is 16.5. The quantitative estimate of drug-likeness (QED) is 0.825. The van der Waals surface area contributed by atoms with Gasteiger partial charge in [0.25, 0.3) is 0 Å². The van der Waals surface area contributed by atoms with Gasteiger partial charge >= 0.3 is 0 Å². The maximum absolute atomic E-state index is 8.67. The Hall–Kier alpha value is -1.53. The fourth-order valence-electron chi connectivity index (χ4n) is 2.85. The van der Waals surface area contributed by atoms with Gasteiger partial charge in [-0.15, -0.1) is 0 Å². The number of hydrogen-bond acceptors (Lipinski definition) is 3. The van der Waals surface area contributed by atoms with Crippen LogP contribution >= 0.6 is 0 Å². The lowest BCUT2D eigenvalue weighted by Crippen LogP contribution is -2.31. The van der Waals surface area contributed by atoms with E-state index in [1.54, 1.807) is 0 Å². The van der Waals surface area contributed by atoms with E-state index in [9.17, 15) is 0 Å². The molecule has 1 aromatic rings. The lowest BCUT2D eigenvalue weighted by Gasteiger charge is -2.20. The maximum Gasteiger partial charge on any atom is 0.119 e. The van der Waals surface area contributed by atoms with Crippen molar-refractivity contribution < 1.29 is 4.74 Å². The smallest absolute Gasteiger partial charge is 0.119 e. The zero-order valence-corrected chi connectivity index (χ0v) is 11.7. The van der Waals surface area contributed by atoms with Gasteiger partial charge < -0.3 is 10.1 Å². The van der Waals surface area contributed by atoms with Gasteiger partial charge in [0.2, 0.25) is 0 Å². The van der Waals surface area contributed by atoms with Crippen molar-refractivity contribution in [2.75, 3.05) is 6.54 Å². The summed E-state index contributed by atoms with van der Waals surface area (Å²) >= 11 is 0. The molecule has 102 valence electrons. The second-order valence-electron chi connectivity index (χ2n) is 5.42. The Morgan fingerprint density at radius 1 is 1.32 bits per heavy atom. The molecule has 0 spiro atoms. The SMILES string of the molecule is CC(C)Oc1ccc([C@H]2CCC[C@@H]2NCC#N)cc1. The van der Waals surface area contributed by atoms with Crippen LogP contribution in [0.4, 0.5) is 0 Å².